The summed E-state index contributed by atoms with van der Waals surface area (Å²) in [7, 11) is 0. The van der Waals surface area contributed by atoms with E-state index in [2.05, 4.69) is 26.1 Å². The Balaban J connectivity index is 1.38. The molecule has 1 aliphatic rings. The molecular weight excluding hydrogens is 463 g/mol. The lowest BCUT2D eigenvalue weighted by atomic mass is 9.96. The zero-order valence-corrected chi connectivity index (χ0v) is 17.3. The predicted octanol–water partition coefficient (Wildman–Crippen LogP) is 5.54. The second-order valence-electron chi connectivity index (χ2n) is 7.10. The van der Waals surface area contributed by atoms with Crippen molar-refractivity contribution in [2.24, 2.45) is 0 Å². The molecule has 30 heavy (non-hydrogen) atoms. The molecule has 0 radical (unpaired) electrons. The summed E-state index contributed by atoms with van der Waals surface area (Å²) in [6.45, 7) is 0.945. The van der Waals surface area contributed by atoms with Gasteiger partial charge in [-0.1, -0.05) is 21.1 Å². The molecular formula is C21H17BrF3N3O2. The van der Waals surface area contributed by atoms with Crippen LogP contribution in [0.1, 0.15) is 40.6 Å². The quantitative estimate of drug-likeness (QED) is 0.494. The zero-order valence-electron chi connectivity index (χ0n) is 15.7. The number of hydrogen-bond acceptors (Lipinski definition) is 4. The molecule has 2 aromatic carbocycles. The molecule has 156 valence electrons. The van der Waals surface area contributed by atoms with E-state index in [1.807, 2.05) is 24.3 Å². The van der Waals surface area contributed by atoms with Gasteiger partial charge in [0.25, 0.3) is 5.91 Å². The fourth-order valence-electron chi connectivity index (χ4n) is 3.43. The van der Waals surface area contributed by atoms with Crippen LogP contribution in [0.4, 0.5) is 13.2 Å². The molecule has 0 unspecified atom stereocenters. The van der Waals surface area contributed by atoms with Crippen molar-refractivity contribution in [3.8, 4) is 11.4 Å². The van der Waals surface area contributed by atoms with Gasteiger partial charge in [-0.2, -0.15) is 18.2 Å². The Kier molecular flexibility index (Phi) is 5.64. The molecule has 1 fully saturated rings. The summed E-state index contributed by atoms with van der Waals surface area (Å²) in [5.41, 5.74) is 0.329. The Morgan fingerprint density at radius 2 is 1.67 bits per heavy atom. The Hall–Kier alpha value is -2.68. The second kappa shape index (κ2) is 8.22. The van der Waals surface area contributed by atoms with E-state index in [1.54, 1.807) is 4.90 Å². The van der Waals surface area contributed by atoms with Gasteiger partial charge in [0.15, 0.2) is 0 Å². The average molecular weight is 480 g/mol. The first-order chi connectivity index (χ1) is 14.3. The van der Waals surface area contributed by atoms with Gasteiger partial charge in [-0.3, -0.25) is 4.79 Å². The Morgan fingerprint density at radius 1 is 1.03 bits per heavy atom. The van der Waals surface area contributed by atoms with Gasteiger partial charge in [0, 0.05) is 34.6 Å². The molecule has 9 heteroatoms. The van der Waals surface area contributed by atoms with Crippen molar-refractivity contribution in [2.45, 2.75) is 24.9 Å². The van der Waals surface area contributed by atoms with Crippen LogP contribution < -0.4 is 0 Å². The normalized spacial score (nSPS) is 15.4. The van der Waals surface area contributed by atoms with Crippen molar-refractivity contribution in [1.82, 2.24) is 15.0 Å². The molecule has 0 bridgehead atoms. The van der Waals surface area contributed by atoms with Crippen molar-refractivity contribution >= 4 is 21.8 Å². The molecule has 0 spiro atoms. The van der Waals surface area contributed by atoms with Gasteiger partial charge in [-0.05, 0) is 61.4 Å². The van der Waals surface area contributed by atoms with E-state index in [0.29, 0.717) is 37.6 Å². The van der Waals surface area contributed by atoms with Crippen LogP contribution in [-0.4, -0.2) is 34.0 Å². The first kappa shape index (κ1) is 20.6. The maximum absolute atomic E-state index is 12.7. The summed E-state index contributed by atoms with van der Waals surface area (Å²) in [5.74, 6) is 0.817. The minimum atomic E-state index is -4.42. The lowest BCUT2D eigenvalue weighted by Crippen LogP contribution is -2.38. The lowest BCUT2D eigenvalue weighted by molar-refractivity contribution is -0.137. The summed E-state index contributed by atoms with van der Waals surface area (Å²) < 4.78 is 44.5. The van der Waals surface area contributed by atoms with Crippen LogP contribution >= 0.6 is 15.9 Å². The van der Waals surface area contributed by atoms with E-state index in [1.165, 1.54) is 12.1 Å². The molecule has 0 saturated carbocycles. The number of benzene rings is 2. The first-order valence-electron chi connectivity index (χ1n) is 9.37. The van der Waals surface area contributed by atoms with Gasteiger partial charge in [0.05, 0.1) is 5.56 Å². The van der Waals surface area contributed by atoms with E-state index in [4.69, 9.17) is 4.52 Å². The van der Waals surface area contributed by atoms with Crippen molar-refractivity contribution in [3.05, 3.63) is 70.0 Å². The molecule has 3 aromatic rings. The molecule has 0 N–H and O–H groups in total. The SMILES string of the molecule is O=C(c1ccc(C(F)(F)F)cc1)N1CCC(c2nc(-c3ccc(Br)cc3)no2)CC1. The molecule has 1 amide bonds. The smallest absolute Gasteiger partial charge is 0.339 e. The van der Waals surface area contributed by atoms with Crippen LogP contribution in [0.25, 0.3) is 11.4 Å². The van der Waals surface area contributed by atoms with E-state index in [-0.39, 0.29) is 17.4 Å². The highest BCUT2D eigenvalue weighted by atomic mass is 79.9. The molecule has 4 rings (SSSR count). The molecule has 2 heterocycles. The molecule has 5 nitrogen and oxygen atoms in total. The third-order valence-electron chi connectivity index (χ3n) is 5.13. The predicted molar refractivity (Wildman–Crippen MR) is 107 cm³/mol. The topological polar surface area (TPSA) is 59.2 Å². The standard InChI is InChI=1S/C21H17BrF3N3O2/c22-17-7-3-13(4-8-17)18-26-19(30-27-18)14-9-11-28(12-10-14)20(29)15-1-5-16(6-2-15)21(23,24)25/h1-8,14H,9-12H2. The summed E-state index contributed by atoms with van der Waals surface area (Å²) in [5, 5.41) is 4.05. The minimum absolute atomic E-state index is 0.0401. The molecule has 0 atom stereocenters. The summed E-state index contributed by atoms with van der Waals surface area (Å²) in [6.07, 6.45) is -3.12. The average Bonchev–Trinajstić information content (AvgIpc) is 3.24. The third kappa shape index (κ3) is 4.40. The largest absolute Gasteiger partial charge is 0.416 e. The van der Waals surface area contributed by atoms with Crippen LogP contribution in [0.3, 0.4) is 0 Å². The van der Waals surface area contributed by atoms with Crippen molar-refractivity contribution in [1.29, 1.82) is 0 Å². The number of alkyl halides is 3. The van der Waals surface area contributed by atoms with Crippen molar-refractivity contribution in [3.63, 3.8) is 0 Å². The van der Waals surface area contributed by atoms with Crippen LogP contribution in [0.5, 0.6) is 0 Å². The molecule has 1 aromatic heterocycles. The zero-order chi connectivity index (χ0) is 21.3. The number of aromatic nitrogens is 2. The Morgan fingerprint density at radius 3 is 2.27 bits per heavy atom. The van der Waals surface area contributed by atoms with Crippen LogP contribution in [0.2, 0.25) is 0 Å². The van der Waals surface area contributed by atoms with Gasteiger partial charge in [0.1, 0.15) is 0 Å². The summed E-state index contributed by atoms with van der Waals surface area (Å²) in [4.78, 5) is 18.7. The van der Waals surface area contributed by atoms with Gasteiger partial charge >= 0.3 is 6.18 Å². The number of halogens is 4. The number of rotatable bonds is 3. The number of amides is 1. The molecule has 1 aliphatic heterocycles. The van der Waals surface area contributed by atoms with Crippen LogP contribution in [0, 0.1) is 0 Å². The van der Waals surface area contributed by atoms with Crippen molar-refractivity contribution in [2.75, 3.05) is 13.1 Å². The maximum Gasteiger partial charge on any atom is 0.416 e. The highest BCUT2D eigenvalue weighted by molar-refractivity contribution is 9.10. The van der Waals surface area contributed by atoms with E-state index in [9.17, 15) is 18.0 Å². The lowest BCUT2D eigenvalue weighted by Gasteiger charge is -2.30. The van der Waals surface area contributed by atoms with Gasteiger partial charge < -0.3 is 9.42 Å². The number of likely N-dealkylation sites (tertiary alicyclic amines) is 1. The maximum atomic E-state index is 12.7. The third-order valence-corrected chi connectivity index (χ3v) is 5.66. The number of carbonyl (C=O) groups is 1. The number of carbonyl (C=O) groups excluding carboxylic acids is 1. The number of hydrogen-bond donors (Lipinski definition) is 0. The van der Waals surface area contributed by atoms with Crippen LogP contribution in [0.15, 0.2) is 57.5 Å². The van der Waals surface area contributed by atoms with Gasteiger partial charge in [-0.15, -0.1) is 0 Å². The summed E-state index contributed by atoms with van der Waals surface area (Å²) in [6, 6.07) is 11.9. The Labute approximate surface area is 179 Å². The highest BCUT2D eigenvalue weighted by Gasteiger charge is 2.31. The van der Waals surface area contributed by atoms with Crippen molar-refractivity contribution < 1.29 is 22.5 Å². The van der Waals surface area contributed by atoms with E-state index in [0.717, 1.165) is 22.2 Å². The minimum Gasteiger partial charge on any atom is -0.339 e. The Bertz CT molecular complexity index is 1020. The number of nitrogens with zero attached hydrogens (tertiary/aromatic N) is 3. The van der Waals surface area contributed by atoms with E-state index < -0.39 is 11.7 Å². The van der Waals surface area contributed by atoms with Crippen LogP contribution in [-0.2, 0) is 6.18 Å². The molecule has 0 aliphatic carbocycles. The second-order valence-corrected chi connectivity index (χ2v) is 8.02. The first-order valence-corrected chi connectivity index (χ1v) is 10.2. The fraction of sp³-hybridized carbons (Fsp3) is 0.286. The van der Waals surface area contributed by atoms with Gasteiger partial charge in [0.2, 0.25) is 11.7 Å². The summed E-state index contributed by atoms with van der Waals surface area (Å²) >= 11 is 3.39. The van der Waals surface area contributed by atoms with Gasteiger partial charge in [-0.25, -0.2) is 0 Å². The number of piperidine rings is 1. The monoisotopic (exact) mass is 479 g/mol. The molecule has 1 saturated heterocycles. The fourth-order valence-corrected chi connectivity index (χ4v) is 3.70. The highest BCUT2D eigenvalue weighted by Crippen LogP contribution is 2.31. The van der Waals surface area contributed by atoms with E-state index >= 15 is 0 Å².